The molecule has 1 aliphatic carbocycles. The summed E-state index contributed by atoms with van der Waals surface area (Å²) in [6.07, 6.45) is 2.65. The number of hydrogen-bond acceptors (Lipinski definition) is 2. The van der Waals surface area contributed by atoms with Gasteiger partial charge in [-0.1, -0.05) is 11.6 Å². The lowest BCUT2D eigenvalue weighted by Gasteiger charge is -2.38. The predicted octanol–water partition coefficient (Wildman–Crippen LogP) is 3.03. The normalized spacial score (nSPS) is 18.4. The molecular weight excluding hydrogens is 212 g/mol. The average molecular weight is 227 g/mol. The zero-order valence-electron chi connectivity index (χ0n) is 9.01. The monoisotopic (exact) mass is 226 g/mol. The van der Waals surface area contributed by atoms with Crippen molar-refractivity contribution in [3.8, 4) is 5.75 Å². The quantitative estimate of drug-likeness (QED) is 0.840. The lowest BCUT2D eigenvalue weighted by Crippen LogP contribution is -2.34. The molecule has 2 nitrogen and oxygen atoms in total. The molecule has 0 bridgehead atoms. The predicted molar refractivity (Wildman–Crippen MR) is 60.5 cm³/mol. The molecular formula is C12H15ClO2. The third-order valence-corrected chi connectivity index (χ3v) is 3.57. The molecule has 82 valence electrons. The molecule has 0 radical (unpaired) electrons. The van der Waals surface area contributed by atoms with Crippen LogP contribution >= 0.6 is 11.6 Å². The van der Waals surface area contributed by atoms with Crippen molar-refractivity contribution in [2.75, 3.05) is 7.11 Å². The highest BCUT2D eigenvalue weighted by molar-refractivity contribution is 6.31. The first-order valence-corrected chi connectivity index (χ1v) is 5.51. The minimum absolute atomic E-state index is 0.686. The Balaban J connectivity index is 2.49. The summed E-state index contributed by atoms with van der Waals surface area (Å²) >= 11 is 6.06. The molecule has 15 heavy (non-hydrogen) atoms. The van der Waals surface area contributed by atoms with Crippen molar-refractivity contribution in [3.05, 3.63) is 28.3 Å². The first kappa shape index (κ1) is 10.8. The van der Waals surface area contributed by atoms with E-state index in [9.17, 15) is 5.11 Å². The van der Waals surface area contributed by atoms with Gasteiger partial charge in [-0.05, 0) is 43.9 Å². The van der Waals surface area contributed by atoms with Gasteiger partial charge in [-0.15, -0.1) is 0 Å². The lowest BCUT2D eigenvalue weighted by atomic mass is 9.74. The Morgan fingerprint density at radius 1 is 1.40 bits per heavy atom. The van der Waals surface area contributed by atoms with Gasteiger partial charge in [0.15, 0.2) is 0 Å². The number of aryl methyl sites for hydroxylation is 1. The molecule has 3 heteroatoms. The highest BCUT2D eigenvalue weighted by Gasteiger charge is 2.38. The van der Waals surface area contributed by atoms with Crippen molar-refractivity contribution in [3.63, 3.8) is 0 Å². The molecule has 0 saturated heterocycles. The van der Waals surface area contributed by atoms with Crippen molar-refractivity contribution in [2.24, 2.45) is 0 Å². The molecule has 1 aromatic carbocycles. The van der Waals surface area contributed by atoms with E-state index in [1.54, 1.807) is 7.11 Å². The molecule has 1 fully saturated rings. The fourth-order valence-electron chi connectivity index (χ4n) is 1.97. The number of hydrogen-bond donors (Lipinski definition) is 1. The highest BCUT2D eigenvalue weighted by atomic mass is 35.5. The van der Waals surface area contributed by atoms with Crippen LogP contribution in [0.15, 0.2) is 12.1 Å². The van der Waals surface area contributed by atoms with Crippen LogP contribution in [0.4, 0.5) is 0 Å². The minimum atomic E-state index is -0.720. The molecule has 0 atom stereocenters. The summed E-state index contributed by atoms with van der Waals surface area (Å²) in [4.78, 5) is 0. The second-order valence-electron chi connectivity index (χ2n) is 4.19. The molecule has 0 aliphatic heterocycles. The van der Waals surface area contributed by atoms with Gasteiger partial charge in [0.1, 0.15) is 5.75 Å². The number of aliphatic hydroxyl groups is 1. The standard InChI is InChI=1S/C12H15ClO2/c1-8-6-11(15-2)9(7-10(8)13)12(14)4-3-5-12/h6-7,14H,3-5H2,1-2H3. The SMILES string of the molecule is COc1cc(C)c(Cl)cc1C1(O)CCC1. The van der Waals surface area contributed by atoms with Gasteiger partial charge in [-0.2, -0.15) is 0 Å². The third-order valence-electron chi connectivity index (χ3n) is 3.16. The van der Waals surface area contributed by atoms with E-state index in [1.807, 2.05) is 19.1 Å². The number of methoxy groups -OCH3 is 1. The Bertz CT molecular complexity index is 383. The summed E-state index contributed by atoms with van der Waals surface area (Å²) in [5, 5.41) is 11.0. The molecule has 0 spiro atoms. The van der Waals surface area contributed by atoms with Crippen LogP contribution < -0.4 is 4.74 Å². The van der Waals surface area contributed by atoms with Crippen LogP contribution in [0, 0.1) is 6.92 Å². The maximum Gasteiger partial charge on any atom is 0.125 e. The Kier molecular flexibility index (Phi) is 2.65. The number of halogens is 1. The second kappa shape index (κ2) is 3.69. The number of ether oxygens (including phenoxy) is 1. The second-order valence-corrected chi connectivity index (χ2v) is 4.59. The van der Waals surface area contributed by atoms with Crippen molar-refractivity contribution in [2.45, 2.75) is 31.8 Å². The lowest BCUT2D eigenvalue weighted by molar-refractivity contribution is -0.0404. The summed E-state index contributed by atoms with van der Waals surface area (Å²) < 4.78 is 5.28. The Labute approximate surface area is 94.8 Å². The highest BCUT2D eigenvalue weighted by Crippen LogP contribution is 2.46. The summed E-state index contributed by atoms with van der Waals surface area (Å²) in [5.74, 6) is 0.735. The zero-order chi connectivity index (χ0) is 11.1. The van der Waals surface area contributed by atoms with E-state index in [0.29, 0.717) is 5.02 Å². The van der Waals surface area contributed by atoms with E-state index < -0.39 is 5.60 Å². The van der Waals surface area contributed by atoms with E-state index in [1.165, 1.54) is 0 Å². The summed E-state index contributed by atoms with van der Waals surface area (Å²) in [5.41, 5.74) is 1.08. The van der Waals surface area contributed by atoms with Crippen molar-refractivity contribution in [1.29, 1.82) is 0 Å². The van der Waals surface area contributed by atoms with Crippen LogP contribution in [-0.2, 0) is 5.60 Å². The first-order valence-electron chi connectivity index (χ1n) is 5.14. The largest absolute Gasteiger partial charge is 0.496 e. The van der Waals surface area contributed by atoms with Crippen LogP contribution in [0.1, 0.15) is 30.4 Å². The van der Waals surface area contributed by atoms with Gasteiger partial charge in [0.05, 0.1) is 12.7 Å². The summed E-state index contributed by atoms with van der Waals surface area (Å²) in [6.45, 7) is 1.93. The van der Waals surface area contributed by atoms with Gasteiger partial charge >= 0.3 is 0 Å². The summed E-state index contributed by atoms with van der Waals surface area (Å²) in [6, 6.07) is 3.71. The van der Waals surface area contributed by atoms with Crippen LogP contribution in [0.5, 0.6) is 5.75 Å². The third kappa shape index (κ3) is 1.72. The maximum absolute atomic E-state index is 10.3. The molecule has 1 aliphatic rings. The molecule has 0 unspecified atom stereocenters. The van der Waals surface area contributed by atoms with Gasteiger partial charge in [-0.3, -0.25) is 0 Å². The van der Waals surface area contributed by atoms with Crippen LogP contribution in [0.2, 0.25) is 5.02 Å². The fourth-order valence-corrected chi connectivity index (χ4v) is 2.13. The van der Waals surface area contributed by atoms with Crippen molar-refractivity contribution in [1.82, 2.24) is 0 Å². The minimum Gasteiger partial charge on any atom is -0.496 e. The molecule has 0 aromatic heterocycles. The first-order chi connectivity index (χ1) is 7.07. The Hall–Kier alpha value is -0.730. The van der Waals surface area contributed by atoms with E-state index in [2.05, 4.69) is 0 Å². The zero-order valence-corrected chi connectivity index (χ0v) is 9.77. The van der Waals surface area contributed by atoms with Gasteiger partial charge in [0.25, 0.3) is 0 Å². The van der Waals surface area contributed by atoms with E-state index in [-0.39, 0.29) is 0 Å². The molecule has 1 aromatic rings. The van der Waals surface area contributed by atoms with Crippen molar-refractivity contribution < 1.29 is 9.84 Å². The topological polar surface area (TPSA) is 29.5 Å². The molecule has 2 rings (SSSR count). The average Bonchev–Trinajstić information content (AvgIpc) is 2.18. The van der Waals surface area contributed by atoms with E-state index >= 15 is 0 Å². The number of rotatable bonds is 2. The van der Waals surface area contributed by atoms with Gasteiger partial charge < -0.3 is 9.84 Å². The van der Waals surface area contributed by atoms with E-state index in [0.717, 1.165) is 36.1 Å². The van der Waals surface area contributed by atoms with Gasteiger partial charge in [0, 0.05) is 10.6 Å². The van der Waals surface area contributed by atoms with Gasteiger partial charge in [-0.25, -0.2) is 0 Å². The van der Waals surface area contributed by atoms with Crippen LogP contribution in [0.25, 0.3) is 0 Å². The fraction of sp³-hybridized carbons (Fsp3) is 0.500. The molecule has 1 saturated carbocycles. The molecule has 1 N–H and O–H groups in total. The summed E-state index contributed by atoms with van der Waals surface area (Å²) in [7, 11) is 1.62. The van der Waals surface area contributed by atoms with E-state index in [4.69, 9.17) is 16.3 Å². The van der Waals surface area contributed by atoms with Crippen LogP contribution in [-0.4, -0.2) is 12.2 Å². The molecule has 0 amide bonds. The van der Waals surface area contributed by atoms with Crippen molar-refractivity contribution >= 4 is 11.6 Å². The Morgan fingerprint density at radius 2 is 2.07 bits per heavy atom. The number of benzene rings is 1. The Morgan fingerprint density at radius 3 is 2.53 bits per heavy atom. The van der Waals surface area contributed by atoms with Gasteiger partial charge in [0.2, 0.25) is 0 Å². The maximum atomic E-state index is 10.3. The smallest absolute Gasteiger partial charge is 0.125 e. The van der Waals surface area contributed by atoms with Crippen LogP contribution in [0.3, 0.4) is 0 Å². The molecule has 0 heterocycles.